The first-order chi connectivity index (χ1) is 25.1. The van der Waals surface area contributed by atoms with Crippen molar-refractivity contribution in [1.29, 1.82) is 0 Å². The summed E-state index contributed by atoms with van der Waals surface area (Å²) in [7, 11) is 1.27. The molecule has 3 aliphatic rings. The van der Waals surface area contributed by atoms with Crippen molar-refractivity contribution in [3.8, 4) is 40.1 Å². The van der Waals surface area contributed by atoms with Crippen molar-refractivity contribution in [1.82, 2.24) is 0 Å². The number of hydrogen-bond acceptors (Lipinski definition) is 20. The van der Waals surface area contributed by atoms with E-state index >= 15 is 0 Å². The van der Waals surface area contributed by atoms with Gasteiger partial charge >= 0.3 is 0 Å². The van der Waals surface area contributed by atoms with Crippen LogP contribution in [-0.2, 0) is 23.7 Å². The summed E-state index contributed by atoms with van der Waals surface area (Å²) in [5.74, 6) is -2.44. The number of fused-ring (bicyclic) bond motifs is 1. The fourth-order valence-electron chi connectivity index (χ4n) is 6.23. The smallest absolute Gasteiger partial charge is 0.239 e. The number of aliphatic hydroxyl groups is 8. The summed E-state index contributed by atoms with van der Waals surface area (Å²) in [5.41, 5.74) is -1.20. The lowest BCUT2D eigenvalue weighted by molar-refractivity contribution is -0.349. The van der Waals surface area contributed by atoms with Crippen LogP contribution in [-0.4, -0.2) is 163 Å². The number of phenolic OH excluding ortho intramolecular Hbond substituents is 3. The topological polar surface area (TPSA) is 317 Å². The number of aliphatic hydroxyl groups excluding tert-OH is 8. The van der Waals surface area contributed by atoms with Crippen LogP contribution in [0.5, 0.6) is 28.7 Å². The second-order valence-corrected chi connectivity index (χ2v) is 12.8. The second-order valence-electron chi connectivity index (χ2n) is 12.8. The maximum atomic E-state index is 13.8. The molecule has 2 aromatic carbocycles. The molecule has 14 atom stereocenters. The third-order valence-corrected chi connectivity index (χ3v) is 9.21. The summed E-state index contributed by atoms with van der Waals surface area (Å²) in [6.45, 7) is 0.387. The van der Waals surface area contributed by atoms with Gasteiger partial charge in [0.1, 0.15) is 83.5 Å². The average molecular weight is 757 g/mol. The van der Waals surface area contributed by atoms with Crippen molar-refractivity contribution >= 4 is 11.0 Å². The lowest BCUT2D eigenvalue weighted by Crippen LogP contribution is -2.63. The number of rotatable bonds is 9. The predicted octanol–water partition coefficient (Wildman–Crippen LogP) is -2.92. The molecule has 11 N–H and O–H groups in total. The van der Waals surface area contributed by atoms with Crippen molar-refractivity contribution in [2.24, 2.45) is 0 Å². The van der Waals surface area contributed by atoms with Crippen molar-refractivity contribution in [3.63, 3.8) is 0 Å². The molecule has 0 amide bonds. The van der Waals surface area contributed by atoms with Crippen LogP contribution in [0.2, 0.25) is 0 Å². The summed E-state index contributed by atoms with van der Waals surface area (Å²) in [6.07, 6.45) is -22.9. The van der Waals surface area contributed by atoms with Gasteiger partial charge in [-0.2, -0.15) is 0 Å². The molecule has 20 heteroatoms. The van der Waals surface area contributed by atoms with E-state index < -0.39 is 121 Å². The quantitative estimate of drug-likeness (QED) is 0.104. The molecule has 0 radical (unpaired) electrons. The summed E-state index contributed by atoms with van der Waals surface area (Å²) in [6, 6.07) is 5.75. The van der Waals surface area contributed by atoms with Crippen LogP contribution < -0.4 is 14.9 Å². The minimum absolute atomic E-state index is 0.0392. The molecule has 3 fully saturated rings. The highest BCUT2D eigenvalue weighted by atomic mass is 16.7. The zero-order chi connectivity index (χ0) is 38.5. The molecule has 0 spiro atoms. The number of ether oxygens (including phenoxy) is 7. The predicted molar refractivity (Wildman–Crippen MR) is 172 cm³/mol. The Morgan fingerprint density at radius 1 is 0.774 bits per heavy atom. The van der Waals surface area contributed by atoms with Crippen LogP contribution in [0.3, 0.4) is 0 Å². The number of methoxy groups -OCH3 is 1. The highest BCUT2D eigenvalue weighted by molar-refractivity contribution is 5.88. The van der Waals surface area contributed by atoms with Gasteiger partial charge in [-0.25, -0.2) is 0 Å². The Hall–Kier alpha value is -3.87. The molecule has 6 rings (SSSR count). The molecule has 53 heavy (non-hydrogen) atoms. The molecule has 1 aromatic heterocycles. The third kappa shape index (κ3) is 7.47. The number of aromatic hydroxyl groups is 3. The standard InChI is InChI=1S/C33H40O20/c1-10-28(52-32-25(43)20(38)15(37)8-47-32)24(42)27(45)31(49-10)48-9-18-21(39)23(41)26(44)33(51-18)53-30-22(40)19-14(36)6-12(34)7-17(19)50-29(30)11-3-4-13(35)16(5-11)46-2/h3-7,10,15,18,20-21,23-28,31-39,41-45H,8-9H2,1-2H3/t10-,15-,18+,20-,21+,23-,24-,25+,26+,27-,28+,31-,32+,33+/m1/s1. The average Bonchev–Trinajstić information content (AvgIpc) is 3.12. The van der Waals surface area contributed by atoms with Crippen molar-refractivity contribution in [2.75, 3.05) is 20.3 Å². The summed E-state index contributed by atoms with van der Waals surface area (Å²) < 4.78 is 44.6. The first-order valence-electron chi connectivity index (χ1n) is 16.3. The van der Waals surface area contributed by atoms with E-state index in [1.807, 2.05) is 0 Å². The van der Waals surface area contributed by atoms with Gasteiger partial charge < -0.3 is 93.7 Å². The van der Waals surface area contributed by atoms with Gasteiger partial charge in [-0.3, -0.25) is 4.79 Å². The Bertz CT molecular complexity index is 1820. The van der Waals surface area contributed by atoms with E-state index in [0.717, 1.165) is 12.1 Å². The molecule has 292 valence electrons. The minimum atomic E-state index is -2.00. The third-order valence-electron chi connectivity index (χ3n) is 9.21. The van der Waals surface area contributed by atoms with Gasteiger partial charge in [-0.1, -0.05) is 0 Å². The van der Waals surface area contributed by atoms with E-state index in [4.69, 9.17) is 37.6 Å². The van der Waals surface area contributed by atoms with Gasteiger partial charge in [0.25, 0.3) is 0 Å². The summed E-state index contributed by atoms with van der Waals surface area (Å²) >= 11 is 0. The Labute approximate surface area is 298 Å². The Kier molecular flexibility index (Phi) is 11.3. The lowest BCUT2D eigenvalue weighted by atomic mass is 9.98. The van der Waals surface area contributed by atoms with Gasteiger partial charge in [0.05, 0.1) is 26.4 Å². The van der Waals surface area contributed by atoms with Gasteiger partial charge in [0.2, 0.25) is 17.5 Å². The molecule has 3 aliphatic heterocycles. The summed E-state index contributed by atoms with van der Waals surface area (Å²) in [4.78, 5) is 13.8. The van der Waals surface area contributed by atoms with Crippen LogP contribution >= 0.6 is 0 Å². The first kappa shape index (κ1) is 38.8. The molecule has 3 saturated heterocycles. The number of hydrogen-bond donors (Lipinski definition) is 11. The fraction of sp³-hybridized carbons (Fsp3) is 0.545. The van der Waals surface area contributed by atoms with E-state index in [-0.39, 0.29) is 35.0 Å². The molecule has 0 aliphatic carbocycles. The van der Waals surface area contributed by atoms with Crippen molar-refractivity contribution < 1.29 is 93.7 Å². The lowest BCUT2D eigenvalue weighted by Gasteiger charge is -2.45. The van der Waals surface area contributed by atoms with E-state index in [0.29, 0.717) is 0 Å². The Balaban J connectivity index is 1.21. The molecular weight excluding hydrogens is 716 g/mol. The van der Waals surface area contributed by atoms with E-state index in [1.165, 1.54) is 32.2 Å². The van der Waals surface area contributed by atoms with E-state index in [9.17, 15) is 61.0 Å². The van der Waals surface area contributed by atoms with E-state index in [2.05, 4.69) is 0 Å². The zero-order valence-electron chi connectivity index (χ0n) is 28.0. The molecule has 0 saturated carbocycles. The molecule has 4 heterocycles. The van der Waals surface area contributed by atoms with Crippen LogP contribution in [0.25, 0.3) is 22.3 Å². The van der Waals surface area contributed by atoms with Gasteiger partial charge in [-0.15, -0.1) is 0 Å². The Morgan fingerprint density at radius 2 is 1.47 bits per heavy atom. The van der Waals surface area contributed by atoms with Crippen molar-refractivity contribution in [2.45, 2.75) is 92.9 Å². The maximum absolute atomic E-state index is 13.8. The highest BCUT2D eigenvalue weighted by Crippen LogP contribution is 2.40. The van der Waals surface area contributed by atoms with Crippen molar-refractivity contribution in [3.05, 3.63) is 40.6 Å². The molecular formula is C33H40O20. The normalized spacial score (nSPS) is 36.3. The minimum Gasteiger partial charge on any atom is -0.508 e. The summed E-state index contributed by atoms with van der Waals surface area (Å²) in [5, 5.41) is 114. The highest BCUT2D eigenvalue weighted by Gasteiger charge is 2.50. The van der Waals surface area contributed by atoms with Crippen LogP contribution in [0.1, 0.15) is 6.92 Å². The van der Waals surface area contributed by atoms with Gasteiger partial charge in [-0.05, 0) is 25.1 Å². The van der Waals surface area contributed by atoms with Crippen LogP contribution in [0, 0.1) is 0 Å². The number of benzene rings is 2. The molecule has 0 unspecified atom stereocenters. The zero-order valence-corrected chi connectivity index (χ0v) is 28.0. The molecule has 0 bridgehead atoms. The SMILES string of the molecule is COc1cc(-c2oc3cc(O)cc(O)c3c(=O)c2O[C@@H]2O[C@@H](CO[C@@H]3O[C@H](C)[C@H](O[C@@H]4OC[C@@H](O)[C@@H](O)[C@@H]4O)[C@H](O)[C@H]3O)[C@H](O)[C@@H](O)[C@@H]2O)ccc1O. The van der Waals surface area contributed by atoms with E-state index in [1.54, 1.807) is 0 Å². The Morgan fingerprint density at radius 3 is 2.19 bits per heavy atom. The van der Waals surface area contributed by atoms with Gasteiger partial charge in [0.15, 0.2) is 29.8 Å². The first-order valence-corrected chi connectivity index (χ1v) is 16.3. The molecule has 20 nitrogen and oxygen atoms in total. The largest absolute Gasteiger partial charge is 0.508 e. The second kappa shape index (κ2) is 15.5. The molecule has 3 aromatic rings. The monoisotopic (exact) mass is 756 g/mol. The fourth-order valence-corrected chi connectivity index (χ4v) is 6.23. The van der Waals surface area contributed by atoms with Crippen LogP contribution in [0.4, 0.5) is 0 Å². The number of phenols is 3. The van der Waals surface area contributed by atoms with Crippen LogP contribution in [0.15, 0.2) is 39.5 Å². The van der Waals surface area contributed by atoms with Gasteiger partial charge in [0, 0.05) is 17.7 Å². The maximum Gasteiger partial charge on any atom is 0.239 e.